The number of aromatic hydroxyl groups is 1. The van der Waals surface area contributed by atoms with Crippen LogP contribution in [0.4, 0.5) is 4.39 Å². The molecule has 0 aliphatic heterocycles. The molecule has 0 fully saturated rings. The van der Waals surface area contributed by atoms with Gasteiger partial charge in [-0.05, 0) is 60.9 Å². The van der Waals surface area contributed by atoms with Crippen molar-refractivity contribution in [2.24, 2.45) is 0 Å². The molecule has 1 N–H and O–H groups in total. The number of phenolic OH excluding ortho intramolecular Hbond substituents is 1. The number of imidazole rings is 1. The van der Waals surface area contributed by atoms with Gasteiger partial charge in [0, 0.05) is 44.2 Å². The first kappa shape index (κ1) is 32.9. The van der Waals surface area contributed by atoms with Gasteiger partial charge in [-0.1, -0.05) is 114 Å². The number of nitrogens with zero attached hydrogens (tertiary/aromatic N) is 3. The molecule has 2 aromatic heterocycles. The minimum atomic E-state index is -0.451. The Hall–Kier alpha value is -5.64. The van der Waals surface area contributed by atoms with E-state index in [0.717, 1.165) is 62.3 Å². The third-order valence-electron chi connectivity index (χ3n) is 8.91. The van der Waals surface area contributed by atoms with Gasteiger partial charge in [-0.15, -0.1) is 29.3 Å². The van der Waals surface area contributed by atoms with Crippen molar-refractivity contribution >= 4 is 11.0 Å². The summed E-state index contributed by atoms with van der Waals surface area (Å²) in [4.78, 5) is 10.1. The topological polar surface area (TPSA) is 50.9 Å². The number of pyridine rings is 1. The van der Waals surface area contributed by atoms with Crippen molar-refractivity contribution < 1.29 is 30.6 Å². The van der Waals surface area contributed by atoms with E-state index in [1.54, 1.807) is 0 Å². The third-order valence-corrected chi connectivity index (χ3v) is 8.91. The largest absolute Gasteiger partial charge is 0.507 e. The fraction of sp³-hybridized carbons (Fsp3) is 0.0455. The first-order valence-electron chi connectivity index (χ1n) is 16.2. The Morgan fingerprint density at radius 1 is 0.720 bits per heavy atom. The van der Waals surface area contributed by atoms with E-state index >= 15 is 0 Å². The van der Waals surface area contributed by atoms with Crippen LogP contribution in [0, 0.1) is 18.8 Å². The first-order valence-corrected chi connectivity index (χ1v) is 16.2. The summed E-state index contributed by atoms with van der Waals surface area (Å²) in [7, 11) is 0. The maximum atomic E-state index is 14.6. The average molecular weight is 832 g/mol. The zero-order chi connectivity index (χ0) is 33.3. The molecule has 0 unspecified atom stereocenters. The molecule has 4 nitrogen and oxygen atoms in total. The summed E-state index contributed by atoms with van der Waals surface area (Å²) < 4.78 is 16.5. The van der Waals surface area contributed by atoms with E-state index in [0.29, 0.717) is 16.9 Å². The SMILES string of the molecule is Cc1cc(-c2[c-]c(-c3cccc4c3nc(-c3cc(F)ccc3O)n4-c3ccccc3)ccc2Cc2ccccc2)ncc1-c1ccccc1.[Pt]. The molecule has 2 heterocycles. The summed E-state index contributed by atoms with van der Waals surface area (Å²) >= 11 is 0. The van der Waals surface area contributed by atoms with E-state index in [2.05, 4.69) is 67.6 Å². The van der Waals surface area contributed by atoms with E-state index in [1.807, 2.05) is 83.6 Å². The second kappa shape index (κ2) is 14.1. The van der Waals surface area contributed by atoms with Gasteiger partial charge in [0.1, 0.15) is 17.4 Å². The number of phenols is 1. The zero-order valence-electron chi connectivity index (χ0n) is 27.1. The van der Waals surface area contributed by atoms with Gasteiger partial charge in [0.2, 0.25) is 0 Å². The van der Waals surface area contributed by atoms with E-state index < -0.39 is 5.82 Å². The quantitative estimate of drug-likeness (QED) is 0.163. The van der Waals surface area contributed by atoms with Crippen LogP contribution in [0.1, 0.15) is 16.7 Å². The van der Waals surface area contributed by atoms with Crippen molar-refractivity contribution in [2.45, 2.75) is 13.3 Å². The number of benzene rings is 6. The Morgan fingerprint density at radius 2 is 1.44 bits per heavy atom. The summed E-state index contributed by atoms with van der Waals surface area (Å²) in [6.45, 7) is 2.12. The molecule has 0 radical (unpaired) electrons. The molecule has 50 heavy (non-hydrogen) atoms. The predicted octanol–water partition coefficient (Wildman–Crippen LogP) is 10.6. The molecule has 0 bridgehead atoms. The fourth-order valence-corrected chi connectivity index (χ4v) is 6.51. The second-order valence-corrected chi connectivity index (χ2v) is 12.1. The molecule has 0 aliphatic carbocycles. The monoisotopic (exact) mass is 831 g/mol. The van der Waals surface area contributed by atoms with Crippen molar-refractivity contribution in [3.8, 4) is 56.3 Å². The van der Waals surface area contributed by atoms with Gasteiger partial charge >= 0.3 is 0 Å². The van der Waals surface area contributed by atoms with Crippen molar-refractivity contribution in [2.75, 3.05) is 0 Å². The molecule has 0 amide bonds. The number of para-hydroxylation sites is 2. The van der Waals surface area contributed by atoms with Crippen LogP contribution < -0.4 is 0 Å². The number of hydrogen-bond acceptors (Lipinski definition) is 3. The van der Waals surface area contributed by atoms with E-state index in [4.69, 9.17) is 9.97 Å². The molecule has 246 valence electrons. The summed E-state index contributed by atoms with van der Waals surface area (Å²) in [5.41, 5.74) is 11.9. The van der Waals surface area contributed by atoms with Gasteiger partial charge in [-0.25, -0.2) is 9.37 Å². The van der Waals surface area contributed by atoms with Crippen LogP contribution in [0.3, 0.4) is 0 Å². The number of halogens is 1. The van der Waals surface area contributed by atoms with Crippen molar-refractivity contribution in [3.63, 3.8) is 0 Å². The summed E-state index contributed by atoms with van der Waals surface area (Å²) in [6.07, 6.45) is 2.68. The molecule has 8 rings (SSSR count). The molecule has 8 aromatic rings. The van der Waals surface area contributed by atoms with Gasteiger partial charge in [-0.2, -0.15) is 0 Å². The predicted molar refractivity (Wildman–Crippen MR) is 195 cm³/mol. The standard InChI is InChI=1S/C44H31FN3O.Pt/c1-29-24-40(46-28-39(29)31-14-7-3-8-15-31)37-26-33(21-20-32(37)25-30-12-5-2-6-13-30)36-18-11-19-41-43(36)47-44(38-27-34(45)22-23-42(38)49)48(41)35-16-9-4-10-17-35;/h2-24,27-28,49H,25H2,1H3;/q-1;. The Morgan fingerprint density at radius 3 is 2.18 bits per heavy atom. The van der Waals surface area contributed by atoms with Gasteiger partial charge in [0.15, 0.2) is 0 Å². The molecular weight excluding hydrogens is 801 g/mol. The molecule has 0 spiro atoms. The number of fused-ring (bicyclic) bond motifs is 1. The van der Waals surface area contributed by atoms with Crippen LogP contribution in [0.25, 0.3) is 61.6 Å². The number of rotatable bonds is 7. The molecule has 6 aromatic carbocycles. The first-order chi connectivity index (χ1) is 24.0. The maximum Gasteiger partial charge on any atom is 0.148 e. The smallest absolute Gasteiger partial charge is 0.148 e. The molecule has 6 heteroatoms. The van der Waals surface area contributed by atoms with Gasteiger partial charge in [-0.3, -0.25) is 9.55 Å². The van der Waals surface area contributed by atoms with Crippen LogP contribution in [0.5, 0.6) is 5.75 Å². The zero-order valence-corrected chi connectivity index (χ0v) is 29.4. The molecule has 0 saturated heterocycles. The molecule has 0 atom stereocenters. The third kappa shape index (κ3) is 6.29. The van der Waals surface area contributed by atoms with Crippen molar-refractivity contribution in [3.05, 3.63) is 180 Å². The number of hydrogen-bond donors (Lipinski definition) is 1. The Balaban J connectivity index is 0.00000392. The number of aromatic nitrogens is 3. The van der Waals surface area contributed by atoms with E-state index in [-0.39, 0.29) is 26.8 Å². The van der Waals surface area contributed by atoms with E-state index in [1.165, 1.54) is 23.8 Å². The van der Waals surface area contributed by atoms with Gasteiger partial charge in [0.25, 0.3) is 0 Å². The Kier molecular flexibility index (Phi) is 9.25. The Labute approximate surface area is 304 Å². The van der Waals surface area contributed by atoms with Crippen LogP contribution in [0.15, 0.2) is 152 Å². The van der Waals surface area contributed by atoms with Crippen molar-refractivity contribution in [1.82, 2.24) is 14.5 Å². The normalized spacial score (nSPS) is 11.0. The average Bonchev–Trinajstić information content (AvgIpc) is 3.54. The second-order valence-electron chi connectivity index (χ2n) is 12.1. The Bertz CT molecular complexity index is 2440. The molecule has 0 aliphatic rings. The van der Waals surface area contributed by atoms with Crippen LogP contribution in [-0.4, -0.2) is 19.6 Å². The van der Waals surface area contributed by atoms with Crippen molar-refractivity contribution in [1.29, 1.82) is 0 Å². The van der Waals surface area contributed by atoms with Crippen LogP contribution in [0.2, 0.25) is 0 Å². The van der Waals surface area contributed by atoms with Crippen LogP contribution in [-0.2, 0) is 27.5 Å². The van der Waals surface area contributed by atoms with E-state index in [9.17, 15) is 9.50 Å². The van der Waals surface area contributed by atoms with Gasteiger partial charge < -0.3 is 5.11 Å². The maximum absolute atomic E-state index is 14.6. The summed E-state index contributed by atoms with van der Waals surface area (Å²) in [5, 5.41) is 10.9. The summed E-state index contributed by atoms with van der Waals surface area (Å²) in [6, 6.07) is 50.6. The van der Waals surface area contributed by atoms with Gasteiger partial charge in [0.05, 0.1) is 16.6 Å². The minimum Gasteiger partial charge on any atom is -0.507 e. The summed E-state index contributed by atoms with van der Waals surface area (Å²) in [5.74, 6) is -0.0527. The number of aryl methyl sites for hydroxylation is 1. The van der Waals surface area contributed by atoms with Crippen LogP contribution >= 0.6 is 0 Å². The molecular formula is C44H31FN3OPt-. The minimum absolute atomic E-state index is 0. The molecule has 0 saturated carbocycles. The fourth-order valence-electron chi connectivity index (χ4n) is 6.51.